The lowest BCUT2D eigenvalue weighted by Crippen LogP contribution is -2.39. The fourth-order valence-corrected chi connectivity index (χ4v) is 4.89. The first-order valence-corrected chi connectivity index (χ1v) is 13.0. The molecule has 37 heavy (non-hydrogen) atoms. The minimum atomic E-state index is -0.0692. The molecule has 0 saturated heterocycles. The molecule has 0 amide bonds. The van der Waals surface area contributed by atoms with Gasteiger partial charge in [-0.3, -0.25) is 4.98 Å². The molecule has 1 aromatic heterocycles. The number of aryl methyl sites for hydroxylation is 1. The van der Waals surface area contributed by atoms with Crippen molar-refractivity contribution in [2.24, 2.45) is 0 Å². The van der Waals surface area contributed by atoms with Gasteiger partial charge in [-0.2, -0.15) is 0 Å². The molecule has 4 aromatic carbocycles. The van der Waals surface area contributed by atoms with Gasteiger partial charge in [0.1, 0.15) is 0 Å². The Labute approximate surface area is 220 Å². The van der Waals surface area contributed by atoms with E-state index in [4.69, 9.17) is 4.98 Å². The summed E-state index contributed by atoms with van der Waals surface area (Å²) >= 11 is 0. The van der Waals surface area contributed by atoms with Crippen LogP contribution in [-0.2, 0) is 6.54 Å². The molecule has 0 radical (unpaired) electrons. The zero-order valence-corrected chi connectivity index (χ0v) is 22.1. The monoisotopic (exact) mass is 485 g/mol. The van der Waals surface area contributed by atoms with Crippen LogP contribution in [0.1, 0.15) is 49.2 Å². The van der Waals surface area contributed by atoms with Crippen molar-refractivity contribution in [1.29, 1.82) is 0 Å². The average molecular weight is 486 g/mol. The molecule has 0 aliphatic rings. The highest BCUT2D eigenvalue weighted by molar-refractivity contribution is 5.97. The van der Waals surface area contributed by atoms with Gasteiger partial charge in [0.2, 0.25) is 0 Å². The van der Waals surface area contributed by atoms with Crippen LogP contribution < -0.4 is 10.6 Å². The van der Waals surface area contributed by atoms with Crippen LogP contribution in [0.5, 0.6) is 0 Å². The van der Waals surface area contributed by atoms with Crippen molar-refractivity contribution < 1.29 is 0 Å². The lowest BCUT2D eigenvalue weighted by molar-refractivity contribution is 0.387. The summed E-state index contributed by atoms with van der Waals surface area (Å²) in [5.74, 6) is 0. The van der Waals surface area contributed by atoms with Crippen molar-refractivity contribution >= 4 is 16.5 Å². The van der Waals surface area contributed by atoms with E-state index in [-0.39, 0.29) is 11.6 Å². The molecule has 0 aliphatic heterocycles. The first-order chi connectivity index (χ1) is 17.9. The van der Waals surface area contributed by atoms with Crippen LogP contribution in [0, 0.1) is 6.92 Å². The summed E-state index contributed by atoms with van der Waals surface area (Å²) < 4.78 is 0. The zero-order valence-electron chi connectivity index (χ0n) is 22.1. The van der Waals surface area contributed by atoms with Gasteiger partial charge in [-0.05, 0) is 73.4 Å². The van der Waals surface area contributed by atoms with Crippen LogP contribution in [0.15, 0.2) is 109 Å². The molecular formula is C34H35N3. The molecule has 0 bridgehead atoms. The second-order valence-electron chi connectivity index (χ2n) is 10.7. The van der Waals surface area contributed by atoms with Gasteiger partial charge in [0.05, 0.1) is 17.4 Å². The predicted molar refractivity (Wildman–Crippen MR) is 157 cm³/mol. The van der Waals surface area contributed by atoms with Gasteiger partial charge in [-0.15, -0.1) is 0 Å². The van der Waals surface area contributed by atoms with E-state index in [9.17, 15) is 0 Å². The molecule has 0 fully saturated rings. The van der Waals surface area contributed by atoms with Crippen LogP contribution in [-0.4, -0.2) is 10.5 Å². The van der Waals surface area contributed by atoms with Crippen LogP contribution in [0.25, 0.3) is 22.0 Å². The van der Waals surface area contributed by atoms with E-state index < -0.39 is 0 Å². The van der Waals surface area contributed by atoms with Gasteiger partial charge in [-0.1, -0.05) is 91.0 Å². The summed E-state index contributed by atoms with van der Waals surface area (Å²) in [5, 5.41) is 9.89. The molecule has 2 N–H and O–H groups in total. The molecule has 3 nitrogen and oxygen atoms in total. The predicted octanol–water partition coefficient (Wildman–Crippen LogP) is 8.30. The summed E-state index contributed by atoms with van der Waals surface area (Å²) in [4.78, 5) is 5.30. The van der Waals surface area contributed by atoms with Crippen LogP contribution in [0.2, 0.25) is 0 Å². The number of fused-ring (bicyclic) bond motifs is 1. The fourth-order valence-electron chi connectivity index (χ4n) is 4.89. The summed E-state index contributed by atoms with van der Waals surface area (Å²) in [6.07, 6.45) is 0. The Morgan fingerprint density at radius 2 is 1.46 bits per heavy atom. The number of nitrogens with zero attached hydrogens (tertiary/aromatic N) is 1. The topological polar surface area (TPSA) is 37.0 Å². The molecule has 1 heterocycles. The third kappa shape index (κ3) is 5.73. The Hall–Kier alpha value is -3.95. The lowest BCUT2D eigenvalue weighted by Gasteiger charge is -2.29. The van der Waals surface area contributed by atoms with E-state index in [1.165, 1.54) is 33.0 Å². The number of para-hydroxylation sites is 1. The molecule has 1 atom stereocenters. The number of hydrogen-bond acceptors (Lipinski definition) is 3. The fraction of sp³-hybridized carbons (Fsp3) is 0.206. The highest BCUT2D eigenvalue weighted by Crippen LogP contribution is 2.33. The van der Waals surface area contributed by atoms with Crippen LogP contribution in [0.4, 0.5) is 5.69 Å². The Bertz CT molecular complexity index is 1500. The van der Waals surface area contributed by atoms with Crippen molar-refractivity contribution in [3.8, 4) is 11.3 Å². The first-order valence-electron chi connectivity index (χ1n) is 13.0. The largest absolute Gasteiger partial charge is 0.381 e. The van der Waals surface area contributed by atoms with Gasteiger partial charge < -0.3 is 10.6 Å². The second-order valence-corrected chi connectivity index (χ2v) is 10.7. The molecule has 5 rings (SSSR count). The molecule has 5 aromatic rings. The normalized spacial score (nSPS) is 12.4. The van der Waals surface area contributed by atoms with Gasteiger partial charge in [0.15, 0.2) is 0 Å². The standard InChI is InChI=1S/C34H35N3/c1-24-13-8-11-18-29(24)35-23-27-22-21-25-14-9-10-17-28(25)32(27)30-19-12-20-31(36-30)33(37-34(2,3)4)26-15-6-5-7-16-26/h5-22,33,35,37H,23H2,1-4H3. The number of pyridine rings is 1. The molecule has 0 spiro atoms. The average Bonchev–Trinajstić information content (AvgIpc) is 2.91. The quantitative estimate of drug-likeness (QED) is 0.243. The Morgan fingerprint density at radius 1 is 0.730 bits per heavy atom. The van der Waals surface area contributed by atoms with Gasteiger partial charge in [-0.25, -0.2) is 0 Å². The Morgan fingerprint density at radius 3 is 2.24 bits per heavy atom. The molecule has 1 unspecified atom stereocenters. The SMILES string of the molecule is Cc1ccccc1NCc1ccc2ccccc2c1-c1cccc(C(NC(C)(C)C)c2ccccc2)n1. The Kier molecular flexibility index (Phi) is 7.07. The summed E-state index contributed by atoms with van der Waals surface area (Å²) in [5.41, 5.74) is 7.96. The maximum Gasteiger partial charge on any atom is 0.0755 e. The van der Waals surface area contributed by atoms with Crippen molar-refractivity contribution in [3.63, 3.8) is 0 Å². The number of hydrogen-bond donors (Lipinski definition) is 2. The van der Waals surface area contributed by atoms with Gasteiger partial charge >= 0.3 is 0 Å². The number of benzene rings is 4. The highest BCUT2D eigenvalue weighted by Gasteiger charge is 2.22. The van der Waals surface area contributed by atoms with Crippen molar-refractivity contribution in [2.45, 2.75) is 45.8 Å². The number of rotatable bonds is 7. The molecule has 0 saturated carbocycles. The van der Waals surface area contributed by atoms with E-state index in [0.29, 0.717) is 0 Å². The van der Waals surface area contributed by atoms with E-state index in [2.05, 4.69) is 148 Å². The second kappa shape index (κ2) is 10.6. The summed E-state index contributed by atoms with van der Waals surface area (Å²) in [6, 6.07) is 38.5. The van der Waals surface area contributed by atoms with E-state index in [1.54, 1.807) is 0 Å². The third-order valence-corrected chi connectivity index (χ3v) is 6.66. The summed E-state index contributed by atoms with van der Waals surface area (Å²) in [6.45, 7) is 9.46. The third-order valence-electron chi connectivity index (χ3n) is 6.66. The van der Waals surface area contributed by atoms with E-state index >= 15 is 0 Å². The van der Waals surface area contributed by atoms with Crippen LogP contribution in [0.3, 0.4) is 0 Å². The van der Waals surface area contributed by atoms with E-state index in [1.807, 2.05) is 0 Å². The van der Waals surface area contributed by atoms with Crippen molar-refractivity contribution in [2.75, 3.05) is 5.32 Å². The molecule has 3 heteroatoms. The van der Waals surface area contributed by atoms with Crippen molar-refractivity contribution in [1.82, 2.24) is 10.3 Å². The minimum Gasteiger partial charge on any atom is -0.381 e. The number of aromatic nitrogens is 1. The molecular weight excluding hydrogens is 450 g/mol. The van der Waals surface area contributed by atoms with E-state index in [0.717, 1.165) is 23.6 Å². The maximum atomic E-state index is 5.30. The minimum absolute atomic E-state index is 0.00957. The maximum absolute atomic E-state index is 5.30. The lowest BCUT2D eigenvalue weighted by atomic mass is 9.94. The first kappa shape index (κ1) is 24.7. The Balaban J connectivity index is 1.60. The smallest absolute Gasteiger partial charge is 0.0755 e. The molecule has 186 valence electrons. The van der Waals surface area contributed by atoms with Gasteiger partial charge in [0, 0.05) is 23.3 Å². The number of nitrogens with one attached hydrogen (secondary N) is 2. The number of anilines is 1. The molecule has 0 aliphatic carbocycles. The zero-order chi connectivity index (χ0) is 25.8. The van der Waals surface area contributed by atoms with Crippen LogP contribution >= 0.6 is 0 Å². The highest BCUT2D eigenvalue weighted by atomic mass is 15.0. The van der Waals surface area contributed by atoms with Gasteiger partial charge in [0.25, 0.3) is 0 Å². The van der Waals surface area contributed by atoms with Crippen molar-refractivity contribution in [3.05, 3.63) is 132 Å². The summed E-state index contributed by atoms with van der Waals surface area (Å²) in [7, 11) is 0.